The van der Waals surface area contributed by atoms with Gasteiger partial charge in [0, 0.05) is 31.5 Å². The number of ether oxygens (including phenoxy) is 1. The van der Waals surface area contributed by atoms with E-state index in [4.69, 9.17) is 4.74 Å². The van der Waals surface area contributed by atoms with E-state index < -0.39 is 10.0 Å². The second kappa shape index (κ2) is 8.42. The van der Waals surface area contributed by atoms with Gasteiger partial charge in [0.1, 0.15) is 10.6 Å². The molecule has 1 aliphatic heterocycles. The highest BCUT2D eigenvalue weighted by molar-refractivity contribution is 7.89. The quantitative estimate of drug-likeness (QED) is 0.749. The lowest BCUT2D eigenvalue weighted by Crippen LogP contribution is -2.39. The minimum atomic E-state index is -3.68. The van der Waals surface area contributed by atoms with Crippen LogP contribution in [0.4, 0.5) is 11.4 Å². The summed E-state index contributed by atoms with van der Waals surface area (Å²) in [5.74, 6) is 0.230. The molecule has 29 heavy (non-hydrogen) atoms. The fourth-order valence-corrected chi connectivity index (χ4v) is 4.55. The van der Waals surface area contributed by atoms with Gasteiger partial charge in [0.15, 0.2) is 0 Å². The Hall–Kier alpha value is -2.58. The van der Waals surface area contributed by atoms with Crippen LogP contribution in [0.3, 0.4) is 0 Å². The molecule has 3 rings (SSSR count). The molecule has 1 heterocycles. The molecule has 1 N–H and O–H groups in total. The van der Waals surface area contributed by atoms with Crippen LogP contribution in [0.5, 0.6) is 5.75 Å². The molecule has 0 aromatic heterocycles. The normalized spacial score (nSPS) is 16.0. The molecule has 0 fully saturated rings. The number of carbonyl (C=O) groups is 1. The molecule has 1 aliphatic rings. The summed E-state index contributed by atoms with van der Waals surface area (Å²) in [7, 11) is -0.736. The highest BCUT2D eigenvalue weighted by atomic mass is 32.2. The summed E-state index contributed by atoms with van der Waals surface area (Å²) in [4.78, 5) is 14.7. The van der Waals surface area contributed by atoms with Crippen molar-refractivity contribution >= 4 is 27.3 Å². The number of nitrogens with one attached hydrogen (secondary N) is 1. The molecule has 0 aliphatic carbocycles. The van der Waals surface area contributed by atoms with Crippen LogP contribution in [0.2, 0.25) is 0 Å². The maximum Gasteiger partial charge on any atom is 0.246 e. The van der Waals surface area contributed by atoms with Gasteiger partial charge in [-0.15, -0.1) is 0 Å². The Morgan fingerprint density at radius 1 is 1.24 bits per heavy atom. The molecule has 0 spiro atoms. The molecular formula is C21H27N3O4S. The Morgan fingerprint density at radius 2 is 1.97 bits per heavy atom. The first kappa shape index (κ1) is 21.1. The van der Waals surface area contributed by atoms with Crippen molar-refractivity contribution in [2.24, 2.45) is 0 Å². The van der Waals surface area contributed by atoms with E-state index >= 15 is 0 Å². The first-order valence-electron chi connectivity index (χ1n) is 9.59. The van der Waals surface area contributed by atoms with E-state index in [0.29, 0.717) is 18.0 Å². The number of amides is 1. The lowest BCUT2D eigenvalue weighted by Gasteiger charge is -2.23. The van der Waals surface area contributed by atoms with Gasteiger partial charge in [-0.3, -0.25) is 4.79 Å². The molecule has 7 nitrogen and oxygen atoms in total. The van der Waals surface area contributed by atoms with Crippen LogP contribution in [0.15, 0.2) is 47.4 Å². The first-order valence-corrected chi connectivity index (χ1v) is 11.0. The number of sulfonamides is 1. The number of nitrogens with zero attached hydrogens (tertiary/aromatic N) is 2. The maximum absolute atomic E-state index is 12.9. The van der Waals surface area contributed by atoms with Gasteiger partial charge in [0.25, 0.3) is 0 Å². The molecule has 0 saturated carbocycles. The van der Waals surface area contributed by atoms with Crippen LogP contribution in [0.1, 0.15) is 19.4 Å². The van der Waals surface area contributed by atoms with Crippen molar-refractivity contribution in [2.45, 2.75) is 31.2 Å². The van der Waals surface area contributed by atoms with Gasteiger partial charge in [-0.2, -0.15) is 0 Å². The van der Waals surface area contributed by atoms with E-state index in [0.717, 1.165) is 22.0 Å². The molecule has 0 bridgehead atoms. The van der Waals surface area contributed by atoms with Gasteiger partial charge < -0.3 is 15.0 Å². The van der Waals surface area contributed by atoms with E-state index in [1.165, 1.54) is 20.2 Å². The Bertz CT molecular complexity index is 1000. The predicted molar refractivity (Wildman–Crippen MR) is 114 cm³/mol. The number of anilines is 2. The molecule has 0 unspecified atom stereocenters. The topological polar surface area (TPSA) is 79.0 Å². The molecular weight excluding hydrogens is 390 g/mol. The minimum Gasteiger partial charge on any atom is -0.492 e. The minimum absolute atomic E-state index is 0.0617. The molecule has 1 amide bonds. The third kappa shape index (κ3) is 4.23. The molecule has 156 valence electrons. The zero-order valence-electron chi connectivity index (χ0n) is 17.2. The first-order chi connectivity index (χ1) is 13.8. The fraction of sp³-hybridized carbons (Fsp3) is 0.381. The number of benzene rings is 2. The molecule has 0 radical (unpaired) electrons. The van der Waals surface area contributed by atoms with Crippen molar-refractivity contribution in [3.8, 4) is 5.75 Å². The van der Waals surface area contributed by atoms with Crippen LogP contribution in [0, 0.1) is 0 Å². The van der Waals surface area contributed by atoms with Crippen LogP contribution in [0.25, 0.3) is 0 Å². The fourth-order valence-electron chi connectivity index (χ4n) is 3.50. The zero-order chi connectivity index (χ0) is 21.2. The summed E-state index contributed by atoms with van der Waals surface area (Å²) in [6.07, 6.45) is 0.830. The van der Waals surface area contributed by atoms with Crippen molar-refractivity contribution < 1.29 is 17.9 Å². The Morgan fingerprint density at radius 3 is 2.66 bits per heavy atom. The number of carbonyl (C=O) groups excluding carboxylic acids is 1. The van der Waals surface area contributed by atoms with Gasteiger partial charge >= 0.3 is 0 Å². The van der Waals surface area contributed by atoms with Crippen molar-refractivity contribution in [1.82, 2.24) is 4.31 Å². The van der Waals surface area contributed by atoms with E-state index in [-0.39, 0.29) is 23.4 Å². The monoisotopic (exact) mass is 417 g/mol. The molecule has 8 heteroatoms. The lowest BCUT2D eigenvalue weighted by molar-refractivity contribution is -0.117. The van der Waals surface area contributed by atoms with Crippen LogP contribution < -0.4 is 15.0 Å². The third-order valence-electron chi connectivity index (χ3n) is 4.92. The van der Waals surface area contributed by atoms with E-state index in [9.17, 15) is 13.2 Å². The van der Waals surface area contributed by atoms with E-state index in [1.54, 1.807) is 24.0 Å². The Balaban J connectivity index is 1.80. The largest absolute Gasteiger partial charge is 0.492 e. The second-order valence-electron chi connectivity index (χ2n) is 7.18. The number of fused-ring (bicyclic) bond motifs is 1. The number of hydrogen-bond donors (Lipinski definition) is 1. The number of hydrogen-bond acceptors (Lipinski definition) is 5. The van der Waals surface area contributed by atoms with Gasteiger partial charge in [-0.1, -0.05) is 18.2 Å². The summed E-state index contributed by atoms with van der Waals surface area (Å²) >= 11 is 0. The van der Waals surface area contributed by atoms with Crippen LogP contribution >= 0.6 is 0 Å². The van der Waals surface area contributed by atoms with Crippen molar-refractivity contribution in [3.05, 3.63) is 48.0 Å². The third-order valence-corrected chi connectivity index (χ3v) is 6.76. The smallest absolute Gasteiger partial charge is 0.246 e. The van der Waals surface area contributed by atoms with E-state index in [2.05, 4.69) is 5.32 Å². The van der Waals surface area contributed by atoms with E-state index in [1.807, 2.05) is 31.2 Å². The average molecular weight is 418 g/mol. The van der Waals surface area contributed by atoms with Gasteiger partial charge in [0.05, 0.1) is 13.2 Å². The highest BCUT2D eigenvalue weighted by Crippen LogP contribution is 2.32. The SMILES string of the molecule is CCOc1ccc(NCC(=O)N2c3ccccc3C[C@H]2C)cc1S(=O)(=O)N(C)C. The summed E-state index contributed by atoms with van der Waals surface area (Å²) in [5.41, 5.74) is 2.64. The van der Waals surface area contributed by atoms with Crippen LogP contribution in [-0.2, 0) is 21.2 Å². The van der Waals surface area contributed by atoms with Gasteiger partial charge in [-0.25, -0.2) is 12.7 Å². The molecule has 0 saturated heterocycles. The summed E-state index contributed by atoms with van der Waals surface area (Å²) in [6, 6.07) is 12.8. The summed E-state index contributed by atoms with van der Waals surface area (Å²) in [5, 5.41) is 3.06. The maximum atomic E-state index is 12.9. The van der Waals surface area contributed by atoms with Crippen LogP contribution in [-0.4, -0.2) is 51.9 Å². The standard InChI is InChI=1S/C21H27N3O4S/c1-5-28-19-11-10-17(13-20(19)29(26,27)23(3)4)22-14-21(25)24-15(2)12-16-8-6-7-9-18(16)24/h6-11,13,15,22H,5,12,14H2,1-4H3/t15-/m1/s1. The second-order valence-corrected chi connectivity index (χ2v) is 9.30. The predicted octanol–water partition coefficient (Wildman–Crippen LogP) is 2.73. The highest BCUT2D eigenvalue weighted by Gasteiger charge is 2.30. The summed E-state index contributed by atoms with van der Waals surface area (Å²) in [6.45, 7) is 4.24. The Labute approximate surface area is 172 Å². The zero-order valence-corrected chi connectivity index (χ0v) is 18.0. The Kier molecular flexibility index (Phi) is 6.14. The number of para-hydroxylation sites is 1. The molecule has 1 atom stereocenters. The van der Waals surface area contributed by atoms with Crippen molar-refractivity contribution in [2.75, 3.05) is 37.5 Å². The molecule has 2 aromatic carbocycles. The van der Waals surface area contributed by atoms with Crippen molar-refractivity contribution in [1.29, 1.82) is 0 Å². The van der Waals surface area contributed by atoms with Crippen molar-refractivity contribution in [3.63, 3.8) is 0 Å². The van der Waals surface area contributed by atoms with Gasteiger partial charge in [0.2, 0.25) is 15.9 Å². The average Bonchev–Trinajstić information content (AvgIpc) is 3.02. The summed E-state index contributed by atoms with van der Waals surface area (Å²) < 4.78 is 31.9. The van der Waals surface area contributed by atoms with Gasteiger partial charge in [-0.05, 0) is 50.1 Å². The number of rotatable bonds is 7. The molecule has 2 aromatic rings. The lowest BCUT2D eigenvalue weighted by atomic mass is 10.1.